The first-order chi connectivity index (χ1) is 7.46. The number of aliphatic hydroxyl groups excluding tert-OH is 1. The van der Waals surface area contributed by atoms with Gasteiger partial charge in [-0.05, 0) is 12.1 Å². The summed E-state index contributed by atoms with van der Waals surface area (Å²) in [5.74, 6) is -3.76. The Morgan fingerprint density at radius 3 is 2.62 bits per heavy atom. The van der Waals surface area contributed by atoms with Gasteiger partial charge in [-0.2, -0.15) is 0 Å². The van der Waals surface area contributed by atoms with Crippen molar-refractivity contribution in [3.05, 3.63) is 34.6 Å². The van der Waals surface area contributed by atoms with Crippen molar-refractivity contribution in [2.45, 2.75) is 12.5 Å². The van der Waals surface area contributed by atoms with Crippen molar-refractivity contribution in [1.29, 1.82) is 0 Å². The molecule has 0 amide bonds. The largest absolute Gasteiger partial charge is 0.390 e. The second-order valence-corrected chi connectivity index (χ2v) is 3.73. The highest BCUT2D eigenvalue weighted by Gasteiger charge is 2.26. The van der Waals surface area contributed by atoms with Crippen molar-refractivity contribution in [2.75, 3.05) is 13.2 Å². The van der Waals surface area contributed by atoms with Crippen molar-refractivity contribution >= 4 is 11.6 Å². The van der Waals surface area contributed by atoms with Gasteiger partial charge in [-0.15, -0.1) is 0 Å². The van der Waals surface area contributed by atoms with Crippen LogP contribution in [-0.2, 0) is 6.54 Å². The van der Waals surface area contributed by atoms with Gasteiger partial charge in [0, 0.05) is 17.1 Å². The zero-order valence-electron chi connectivity index (χ0n) is 8.31. The monoisotopic (exact) mass is 253 g/mol. The molecule has 0 atom stereocenters. The van der Waals surface area contributed by atoms with Crippen LogP contribution >= 0.6 is 11.6 Å². The summed E-state index contributed by atoms with van der Waals surface area (Å²) in [4.78, 5) is 0. The van der Waals surface area contributed by atoms with Crippen molar-refractivity contribution in [3.63, 3.8) is 0 Å². The normalized spacial score (nSPS) is 11.8. The maximum Gasteiger partial charge on any atom is 0.282 e. The highest BCUT2D eigenvalue weighted by Crippen LogP contribution is 2.19. The smallest absolute Gasteiger partial charge is 0.282 e. The fourth-order valence-corrected chi connectivity index (χ4v) is 1.36. The van der Waals surface area contributed by atoms with E-state index in [-0.39, 0.29) is 17.1 Å². The average Bonchev–Trinajstić information content (AvgIpc) is 2.22. The van der Waals surface area contributed by atoms with E-state index in [4.69, 9.17) is 16.7 Å². The van der Waals surface area contributed by atoms with Crippen LogP contribution in [-0.4, -0.2) is 24.2 Å². The maximum atomic E-state index is 13.2. The summed E-state index contributed by atoms with van der Waals surface area (Å²) < 4.78 is 38.4. The number of halogens is 4. The van der Waals surface area contributed by atoms with Crippen molar-refractivity contribution in [2.24, 2.45) is 0 Å². The molecule has 0 aliphatic heterocycles. The third kappa shape index (κ3) is 3.66. The van der Waals surface area contributed by atoms with Crippen LogP contribution in [0.5, 0.6) is 0 Å². The van der Waals surface area contributed by atoms with Gasteiger partial charge >= 0.3 is 0 Å². The fraction of sp³-hybridized carbons (Fsp3) is 0.400. The lowest BCUT2D eigenvalue weighted by Crippen LogP contribution is -2.35. The molecule has 90 valence electrons. The van der Waals surface area contributed by atoms with E-state index in [0.29, 0.717) is 0 Å². The Morgan fingerprint density at radius 1 is 1.38 bits per heavy atom. The molecule has 1 aromatic carbocycles. The topological polar surface area (TPSA) is 32.3 Å². The lowest BCUT2D eigenvalue weighted by molar-refractivity contribution is -0.0478. The number of alkyl halides is 2. The Hall–Kier alpha value is -0.780. The van der Waals surface area contributed by atoms with Crippen LogP contribution in [0.1, 0.15) is 5.56 Å². The third-order valence-electron chi connectivity index (χ3n) is 1.98. The lowest BCUT2D eigenvalue weighted by Gasteiger charge is -2.14. The molecule has 6 heteroatoms. The summed E-state index contributed by atoms with van der Waals surface area (Å²) in [7, 11) is 0. The average molecular weight is 254 g/mol. The van der Waals surface area contributed by atoms with E-state index in [1.807, 2.05) is 0 Å². The van der Waals surface area contributed by atoms with Gasteiger partial charge in [0.25, 0.3) is 5.92 Å². The number of benzene rings is 1. The van der Waals surface area contributed by atoms with Crippen LogP contribution in [0.3, 0.4) is 0 Å². The highest BCUT2D eigenvalue weighted by atomic mass is 35.5. The van der Waals surface area contributed by atoms with Crippen LogP contribution < -0.4 is 5.32 Å². The van der Waals surface area contributed by atoms with E-state index in [1.54, 1.807) is 0 Å². The highest BCUT2D eigenvalue weighted by molar-refractivity contribution is 6.31. The van der Waals surface area contributed by atoms with E-state index in [9.17, 15) is 13.2 Å². The van der Waals surface area contributed by atoms with E-state index >= 15 is 0 Å². The first-order valence-corrected chi connectivity index (χ1v) is 4.96. The first-order valence-electron chi connectivity index (χ1n) is 4.58. The van der Waals surface area contributed by atoms with E-state index < -0.39 is 24.9 Å². The van der Waals surface area contributed by atoms with Crippen LogP contribution in [0, 0.1) is 5.82 Å². The summed E-state index contributed by atoms with van der Waals surface area (Å²) in [6.45, 7) is -2.08. The molecule has 0 unspecified atom stereocenters. The maximum absolute atomic E-state index is 13.2. The van der Waals surface area contributed by atoms with Gasteiger partial charge in [0.05, 0.1) is 6.54 Å². The summed E-state index contributed by atoms with van der Waals surface area (Å²) in [5.41, 5.74) is 0.137. The van der Waals surface area contributed by atoms with Crippen molar-refractivity contribution < 1.29 is 18.3 Å². The van der Waals surface area contributed by atoms with Gasteiger partial charge in [-0.3, -0.25) is 0 Å². The van der Waals surface area contributed by atoms with Crippen LogP contribution in [0.25, 0.3) is 0 Å². The van der Waals surface area contributed by atoms with E-state index in [0.717, 1.165) is 0 Å². The van der Waals surface area contributed by atoms with Crippen LogP contribution in [0.4, 0.5) is 13.2 Å². The SMILES string of the molecule is OCC(F)(F)CNCc1c(F)cccc1Cl. The molecule has 0 heterocycles. The molecule has 16 heavy (non-hydrogen) atoms. The Bertz CT molecular complexity index is 340. The number of nitrogens with one attached hydrogen (secondary N) is 1. The minimum Gasteiger partial charge on any atom is -0.390 e. The Labute approximate surface area is 96.0 Å². The summed E-state index contributed by atoms with van der Waals surface area (Å²) in [6.07, 6.45) is 0. The molecular weight excluding hydrogens is 243 g/mol. The van der Waals surface area contributed by atoms with Gasteiger partial charge in [0.15, 0.2) is 0 Å². The van der Waals surface area contributed by atoms with Crippen molar-refractivity contribution in [3.8, 4) is 0 Å². The van der Waals surface area contributed by atoms with E-state index in [2.05, 4.69) is 5.32 Å². The second kappa shape index (κ2) is 5.52. The van der Waals surface area contributed by atoms with E-state index in [1.165, 1.54) is 18.2 Å². The van der Waals surface area contributed by atoms with Gasteiger partial charge in [-0.1, -0.05) is 17.7 Å². The summed E-state index contributed by atoms with van der Waals surface area (Å²) >= 11 is 5.70. The van der Waals surface area contributed by atoms with Gasteiger partial charge in [0.1, 0.15) is 12.4 Å². The molecule has 0 saturated carbocycles. The molecule has 1 aromatic rings. The predicted molar refractivity (Wildman–Crippen MR) is 55.1 cm³/mol. The fourth-order valence-electron chi connectivity index (χ4n) is 1.13. The molecule has 0 spiro atoms. The lowest BCUT2D eigenvalue weighted by atomic mass is 10.2. The molecule has 2 nitrogen and oxygen atoms in total. The standard InChI is InChI=1S/C10H11ClF3NO/c11-8-2-1-3-9(12)7(8)4-15-5-10(13,14)6-16/h1-3,15-16H,4-6H2. The Kier molecular flexibility index (Phi) is 4.58. The number of hydrogen-bond donors (Lipinski definition) is 2. The molecule has 0 radical (unpaired) electrons. The molecule has 0 aliphatic carbocycles. The van der Waals surface area contributed by atoms with Crippen LogP contribution in [0.15, 0.2) is 18.2 Å². The zero-order valence-corrected chi connectivity index (χ0v) is 9.07. The van der Waals surface area contributed by atoms with Gasteiger partial charge < -0.3 is 10.4 Å². The third-order valence-corrected chi connectivity index (χ3v) is 2.33. The minimum atomic E-state index is -3.21. The predicted octanol–water partition coefficient (Wildman–Crippen LogP) is 2.20. The van der Waals surface area contributed by atoms with Gasteiger partial charge in [-0.25, -0.2) is 13.2 Å². The molecule has 0 fully saturated rings. The molecule has 2 N–H and O–H groups in total. The second-order valence-electron chi connectivity index (χ2n) is 3.32. The molecule has 0 aliphatic rings. The number of rotatable bonds is 5. The molecular formula is C10H11ClF3NO. The quantitative estimate of drug-likeness (QED) is 0.843. The molecule has 0 aromatic heterocycles. The number of hydrogen-bond acceptors (Lipinski definition) is 2. The summed E-state index contributed by atoms with van der Waals surface area (Å²) in [5, 5.41) is 10.8. The molecule has 0 saturated heterocycles. The summed E-state index contributed by atoms with van der Waals surface area (Å²) in [6, 6.07) is 4.11. The Balaban J connectivity index is 2.56. The van der Waals surface area contributed by atoms with Gasteiger partial charge in [0.2, 0.25) is 0 Å². The first kappa shape index (κ1) is 13.3. The van der Waals surface area contributed by atoms with Crippen LogP contribution in [0.2, 0.25) is 5.02 Å². The Morgan fingerprint density at radius 2 is 2.06 bits per heavy atom. The molecule has 0 bridgehead atoms. The van der Waals surface area contributed by atoms with Crippen molar-refractivity contribution in [1.82, 2.24) is 5.32 Å². The molecule has 1 rings (SSSR count). The zero-order chi connectivity index (χ0) is 12.2. The number of aliphatic hydroxyl groups is 1. The minimum absolute atomic E-state index is 0.110.